The molecular weight excluding hydrogens is 330 g/mol. The molecule has 1 saturated heterocycles. The number of amides is 1. The maximum atomic E-state index is 12.8. The number of hydrogen-bond acceptors (Lipinski definition) is 4. The van der Waals surface area contributed by atoms with Crippen molar-refractivity contribution in [3.63, 3.8) is 0 Å². The molecule has 5 nitrogen and oxygen atoms in total. The van der Waals surface area contributed by atoms with E-state index in [1.807, 2.05) is 12.1 Å². The molecule has 130 valence electrons. The molecule has 1 aliphatic heterocycles. The number of halogens is 1. The van der Waals surface area contributed by atoms with Crippen molar-refractivity contribution >= 4 is 23.5 Å². The third-order valence-corrected chi connectivity index (χ3v) is 5.19. The molecule has 6 heteroatoms. The molecule has 1 saturated carbocycles. The van der Waals surface area contributed by atoms with Crippen LogP contribution in [0.1, 0.15) is 31.2 Å². The summed E-state index contributed by atoms with van der Waals surface area (Å²) in [7, 11) is 0. The van der Waals surface area contributed by atoms with E-state index in [0.29, 0.717) is 31.3 Å². The van der Waals surface area contributed by atoms with Gasteiger partial charge < -0.3 is 14.4 Å². The van der Waals surface area contributed by atoms with Crippen LogP contribution in [0.4, 0.5) is 0 Å². The van der Waals surface area contributed by atoms with Crippen LogP contribution < -0.4 is 0 Å². The Labute approximate surface area is 146 Å². The first-order chi connectivity index (χ1) is 11.6. The molecule has 2 fully saturated rings. The van der Waals surface area contributed by atoms with Crippen molar-refractivity contribution in [1.82, 2.24) is 4.90 Å². The summed E-state index contributed by atoms with van der Waals surface area (Å²) in [5, 5.41) is 0.641. The van der Waals surface area contributed by atoms with Crippen LogP contribution >= 0.6 is 11.6 Å². The zero-order chi connectivity index (χ0) is 17.0. The van der Waals surface area contributed by atoms with Crippen molar-refractivity contribution in [2.75, 3.05) is 32.9 Å². The molecule has 0 unspecified atom stereocenters. The number of ether oxygens (including phenoxy) is 2. The van der Waals surface area contributed by atoms with Gasteiger partial charge in [0.05, 0.1) is 18.6 Å². The molecule has 0 bridgehead atoms. The van der Waals surface area contributed by atoms with E-state index >= 15 is 0 Å². The first-order valence-corrected chi connectivity index (χ1v) is 8.78. The van der Waals surface area contributed by atoms with Gasteiger partial charge in [0.25, 0.3) is 5.91 Å². The number of benzene rings is 1. The summed E-state index contributed by atoms with van der Waals surface area (Å²) in [6.45, 7) is 1.98. The highest BCUT2D eigenvalue weighted by atomic mass is 35.5. The highest BCUT2D eigenvalue weighted by Gasteiger charge is 2.44. The fourth-order valence-corrected chi connectivity index (χ4v) is 3.65. The highest BCUT2D eigenvalue weighted by Crippen LogP contribution is 2.42. The minimum atomic E-state index is -0.643. The smallest absolute Gasteiger partial charge is 0.317 e. The standard InChI is InChI=1S/C18H22ClNO4/c19-15-5-3-14(4-6-15)18(7-1-2-8-18)17(22)24-13-16(21)20-9-11-23-12-10-20/h3-6H,1-2,7-13H2. The van der Waals surface area contributed by atoms with Gasteiger partial charge in [0.1, 0.15) is 0 Å². The number of morpholine rings is 1. The minimum absolute atomic E-state index is 0.157. The number of carbonyl (C=O) groups is 2. The molecule has 1 aromatic rings. The van der Waals surface area contributed by atoms with Crippen molar-refractivity contribution < 1.29 is 19.1 Å². The van der Waals surface area contributed by atoms with Crippen LogP contribution in [0.5, 0.6) is 0 Å². The Morgan fingerprint density at radius 2 is 1.75 bits per heavy atom. The number of rotatable bonds is 4. The Balaban J connectivity index is 1.66. The predicted octanol–water partition coefficient (Wildman–Crippen LogP) is 2.55. The Morgan fingerprint density at radius 1 is 1.12 bits per heavy atom. The van der Waals surface area contributed by atoms with Crippen LogP contribution in [0.25, 0.3) is 0 Å². The maximum Gasteiger partial charge on any atom is 0.317 e. The summed E-state index contributed by atoms with van der Waals surface area (Å²) >= 11 is 5.96. The molecule has 1 aromatic carbocycles. The number of carbonyl (C=O) groups excluding carboxylic acids is 2. The van der Waals surface area contributed by atoms with Gasteiger partial charge in [-0.2, -0.15) is 0 Å². The number of hydrogen-bond donors (Lipinski definition) is 0. The van der Waals surface area contributed by atoms with Gasteiger partial charge in [-0.05, 0) is 30.5 Å². The zero-order valence-electron chi connectivity index (χ0n) is 13.6. The van der Waals surface area contributed by atoms with Gasteiger partial charge in [-0.3, -0.25) is 9.59 Å². The highest BCUT2D eigenvalue weighted by molar-refractivity contribution is 6.30. The normalized spacial score (nSPS) is 20.0. The first-order valence-electron chi connectivity index (χ1n) is 8.41. The van der Waals surface area contributed by atoms with Crippen molar-refractivity contribution in [3.05, 3.63) is 34.9 Å². The van der Waals surface area contributed by atoms with Crippen LogP contribution in [-0.4, -0.2) is 49.7 Å². The van der Waals surface area contributed by atoms with Crippen LogP contribution in [0, 0.1) is 0 Å². The summed E-state index contributed by atoms with van der Waals surface area (Å²) in [6.07, 6.45) is 3.46. The molecule has 3 rings (SSSR count). The minimum Gasteiger partial charge on any atom is -0.455 e. The molecule has 0 spiro atoms. The van der Waals surface area contributed by atoms with Crippen molar-refractivity contribution in [2.24, 2.45) is 0 Å². The molecule has 1 aliphatic carbocycles. The lowest BCUT2D eigenvalue weighted by atomic mass is 9.79. The monoisotopic (exact) mass is 351 g/mol. The van der Waals surface area contributed by atoms with E-state index < -0.39 is 5.41 Å². The van der Waals surface area contributed by atoms with Crippen molar-refractivity contribution in [2.45, 2.75) is 31.1 Å². The summed E-state index contributed by atoms with van der Waals surface area (Å²) in [4.78, 5) is 26.6. The molecule has 0 atom stereocenters. The van der Waals surface area contributed by atoms with Gasteiger partial charge >= 0.3 is 5.97 Å². The van der Waals surface area contributed by atoms with Crippen LogP contribution in [0.15, 0.2) is 24.3 Å². The number of nitrogens with zero attached hydrogens (tertiary/aromatic N) is 1. The average molecular weight is 352 g/mol. The molecule has 0 N–H and O–H groups in total. The fourth-order valence-electron chi connectivity index (χ4n) is 3.53. The van der Waals surface area contributed by atoms with Gasteiger partial charge in [0.2, 0.25) is 0 Å². The first kappa shape index (κ1) is 17.2. The van der Waals surface area contributed by atoms with E-state index in [2.05, 4.69) is 0 Å². The summed E-state index contributed by atoms with van der Waals surface area (Å²) < 4.78 is 10.7. The quantitative estimate of drug-likeness (QED) is 0.782. The van der Waals surface area contributed by atoms with Gasteiger partial charge in [0, 0.05) is 18.1 Å². The van der Waals surface area contributed by atoms with Crippen LogP contribution in [0.3, 0.4) is 0 Å². The van der Waals surface area contributed by atoms with Gasteiger partial charge in [0.15, 0.2) is 6.61 Å². The second-order valence-corrected chi connectivity index (χ2v) is 6.80. The van der Waals surface area contributed by atoms with Gasteiger partial charge in [-0.1, -0.05) is 36.6 Å². The zero-order valence-corrected chi connectivity index (χ0v) is 14.4. The maximum absolute atomic E-state index is 12.8. The van der Waals surface area contributed by atoms with Crippen LogP contribution in [-0.2, 0) is 24.5 Å². The predicted molar refractivity (Wildman–Crippen MR) is 90.0 cm³/mol. The second-order valence-electron chi connectivity index (χ2n) is 6.37. The fraction of sp³-hybridized carbons (Fsp3) is 0.556. The molecule has 0 radical (unpaired) electrons. The Kier molecular flexibility index (Phi) is 5.41. The van der Waals surface area contributed by atoms with Gasteiger partial charge in [-0.25, -0.2) is 0 Å². The molecule has 1 heterocycles. The lowest BCUT2D eigenvalue weighted by Gasteiger charge is -2.29. The van der Waals surface area contributed by atoms with E-state index in [-0.39, 0.29) is 18.5 Å². The molecule has 2 aliphatic rings. The molecule has 24 heavy (non-hydrogen) atoms. The van der Waals surface area contributed by atoms with Crippen molar-refractivity contribution in [3.8, 4) is 0 Å². The largest absolute Gasteiger partial charge is 0.455 e. The molecule has 0 aromatic heterocycles. The van der Waals surface area contributed by atoms with Gasteiger partial charge in [-0.15, -0.1) is 0 Å². The molecular formula is C18H22ClNO4. The lowest BCUT2D eigenvalue weighted by Crippen LogP contribution is -2.44. The van der Waals surface area contributed by atoms with Crippen molar-refractivity contribution in [1.29, 1.82) is 0 Å². The second kappa shape index (κ2) is 7.53. The number of esters is 1. The SMILES string of the molecule is O=C(COC(=O)C1(c2ccc(Cl)cc2)CCCC1)N1CCOCC1. The molecule has 1 amide bonds. The summed E-state index contributed by atoms with van der Waals surface area (Å²) in [5.74, 6) is -0.458. The van der Waals surface area contributed by atoms with E-state index in [1.54, 1.807) is 17.0 Å². The Bertz CT molecular complexity index is 590. The van der Waals surface area contributed by atoms with E-state index in [4.69, 9.17) is 21.1 Å². The lowest BCUT2D eigenvalue weighted by molar-refractivity contribution is -0.158. The average Bonchev–Trinajstić information content (AvgIpc) is 3.12. The third-order valence-electron chi connectivity index (χ3n) is 4.94. The third kappa shape index (κ3) is 3.57. The summed E-state index contributed by atoms with van der Waals surface area (Å²) in [5.41, 5.74) is 0.281. The Morgan fingerprint density at radius 3 is 2.38 bits per heavy atom. The van der Waals surface area contributed by atoms with E-state index in [9.17, 15) is 9.59 Å². The van der Waals surface area contributed by atoms with E-state index in [1.165, 1.54) is 0 Å². The topological polar surface area (TPSA) is 55.8 Å². The summed E-state index contributed by atoms with van der Waals surface area (Å²) in [6, 6.07) is 7.36. The van der Waals surface area contributed by atoms with Crippen LogP contribution in [0.2, 0.25) is 5.02 Å². The Hall–Kier alpha value is -1.59. The van der Waals surface area contributed by atoms with E-state index in [0.717, 1.165) is 31.2 Å².